The van der Waals surface area contributed by atoms with Crippen LogP contribution in [-0.2, 0) is 19.4 Å². The molecule has 21 heavy (non-hydrogen) atoms. The van der Waals surface area contributed by atoms with Crippen LogP contribution in [0.2, 0.25) is 0 Å². The van der Waals surface area contributed by atoms with Gasteiger partial charge in [0.15, 0.2) is 0 Å². The third-order valence-corrected chi connectivity index (χ3v) is 3.46. The Morgan fingerprint density at radius 2 is 2.05 bits per heavy atom. The average molecular weight is 294 g/mol. The summed E-state index contributed by atoms with van der Waals surface area (Å²) in [5.74, 6) is 4.45. The minimum atomic E-state index is -0.576. The summed E-state index contributed by atoms with van der Waals surface area (Å²) in [7, 11) is 0. The molecule has 0 fully saturated rings. The Balaban J connectivity index is 2.12. The van der Waals surface area contributed by atoms with E-state index in [1.165, 1.54) is 12.1 Å². The molecule has 4 nitrogen and oxygen atoms in total. The summed E-state index contributed by atoms with van der Waals surface area (Å²) in [4.78, 5) is 0. The van der Waals surface area contributed by atoms with Gasteiger partial charge in [-0.1, -0.05) is 6.07 Å². The predicted octanol–water partition coefficient (Wildman–Crippen LogP) is 2.11. The van der Waals surface area contributed by atoms with Crippen molar-refractivity contribution in [2.24, 2.45) is 5.84 Å². The van der Waals surface area contributed by atoms with Crippen molar-refractivity contribution in [3.05, 3.63) is 52.9 Å². The Hall–Kier alpha value is -1.79. The van der Waals surface area contributed by atoms with Gasteiger partial charge >= 0.3 is 0 Å². The molecule has 0 aliphatic carbocycles. The van der Waals surface area contributed by atoms with E-state index in [-0.39, 0.29) is 6.04 Å². The van der Waals surface area contributed by atoms with Crippen molar-refractivity contribution in [2.75, 3.05) is 0 Å². The molecule has 1 unspecified atom stereocenters. The number of hydrazine groups is 1. The minimum Gasteiger partial charge on any atom is -0.271 e. The highest BCUT2D eigenvalue weighted by Crippen LogP contribution is 2.14. The molecule has 0 aliphatic rings. The number of aryl methyl sites for hydroxylation is 2. The lowest BCUT2D eigenvalue weighted by Crippen LogP contribution is -2.39. The van der Waals surface area contributed by atoms with Crippen molar-refractivity contribution in [1.82, 2.24) is 15.2 Å². The summed E-state index contributed by atoms with van der Waals surface area (Å²) in [6, 6.07) is 5.45. The van der Waals surface area contributed by atoms with Gasteiger partial charge in [-0.25, -0.2) is 8.78 Å². The Kier molecular flexibility index (Phi) is 5.03. The summed E-state index contributed by atoms with van der Waals surface area (Å²) < 4.78 is 28.5. The standard InChI is InChI=1S/C15H20F2N4/c1-3-21-14(6-10(2)20-21)9-13(19-18)7-11-4-5-12(16)8-15(11)17/h4-6,8,13,19H,3,7,9,18H2,1-2H3. The van der Waals surface area contributed by atoms with E-state index in [1.807, 2.05) is 24.6 Å². The molecule has 3 N–H and O–H groups in total. The van der Waals surface area contributed by atoms with Crippen molar-refractivity contribution in [1.29, 1.82) is 0 Å². The van der Waals surface area contributed by atoms with Crippen LogP contribution in [0.4, 0.5) is 8.78 Å². The predicted molar refractivity (Wildman–Crippen MR) is 77.5 cm³/mol. The fraction of sp³-hybridized carbons (Fsp3) is 0.400. The quantitative estimate of drug-likeness (QED) is 0.634. The van der Waals surface area contributed by atoms with Crippen LogP contribution in [0, 0.1) is 18.6 Å². The molecule has 0 amide bonds. The van der Waals surface area contributed by atoms with E-state index in [0.717, 1.165) is 24.0 Å². The van der Waals surface area contributed by atoms with Crippen LogP contribution in [0.15, 0.2) is 24.3 Å². The molecule has 0 saturated carbocycles. The first-order valence-corrected chi connectivity index (χ1v) is 6.96. The smallest absolute Gasteiger partial charge is 0.129 e. The number of rotatable bonds is 6. The summed E-state index contributed by atoms with van der Waals surface area (Å²) in [5, 5.41) is 4.38. The zero-order valence-electron chi connectivity index (χ0n) is 12.2. The third-order valence-electron chi connectivity index (χ3n) is 3.46. The molecule has 1 aromatic carbocycles. The Morgan fingerprint density at radius 1 is 1.29 bits per heavy atom. The molecule has 0 bridgehead atoms. The van der Waals surface area contributed by atoms with Gasteiger partial charge in [-0.3, -0.25) is 16.0 Å². The number of nitrogens with two attached hydrogens (primary N) is 1. The number of hydrogen-bond donors (Lipinski definition) is 2. The van der Waals surface area contributed by atoms with E-state index in [1.54, 1.807) is 0 Å². The van der Waals surface area contributed by atoms with Crippen LogP contribution < -0.4 is 11.3 Å². The van der Waals surface area contributed by atoms with Crippen LogP contribution in [0.5, 0.6) is 0 Å². The maximum Gasteiger partial charge on any atom is 0.129 e. The van der Waals surface area contributed by atoms with Crippen LogP contribution in [0.25, 0.3) is 0 Å². The minimum absolute atomic E-state index is 0.147. The van der Waals surface area contributed by atoms with Crippen LogP contribution >= 0.6 is 0 Å². The molecule has 0 saturated heterocycles. The number of nitrogens with zero attached hydrogens (tertiary/aromatic N) is 2. The van der Waals surface area contributed by atoms with E-state index in [9.17, 15) is 8.78 Å². The van der Waals surface area contributed by atoms with E-state index in [4.69, 9.17) is 5.84 Å². The molecule has 2 rings (SSSR count). The van der Waals surface area contributed by atoms with Crippen LogP contribution in [0.3, 0.4) is 0 Å². The Morgan fingerprint density at radius 3 is 2.67 bits per heavy atom. The lowest BCUT2D eigenvalue weighted by atomic mass is 10.0. The summed E-state index contributed by atoms with van der Waals surface area (Å²) in [6.07, 6.45) is 1.01. The van der Waals surface area contributed by atoms with Crippen molar-refractivity contribution < 1.29 is 8.78 Å². The number of halogens is 2. The van der Waals surface area contributed by atoms with Crippen molar-refractivity contribution in [3.63, 3.8) is 0 Å². The Labute approximate surface area is 122 Å². The molecular formula is C15H20F2N4. The molecule has 0 aliphatic heterocycles. The molecule has 0 spiro atoms. The van der Waals surface area contributed by atoms with E-state index in [0.29, 0.717) is 18.4 Å². The highest BCUT2D eigenvalue weighted by atomic mass is 19.1. The molecule has 0 radical (unpaired) electrons. The summed E-state index contributed by atoms with van der Waals surface area (Å²) in [6.45, 7) is 4.71. The first kappa shape index (κ1) is 15.6. The highest BCUT2D eigenvalue weighted by molar-refractivity contribution is 5.20. The zero-order chi connectivity index (χ0) is 15.4. The maximum atomic E-state index is 13.7. The molecule has 1 heterocycles. The Bertz CT molecular complexity index is 610. The van der Waals surface area contributed by atoms with E-state index < -0.39 is 11.6 Å². The average Bonchev–Trinajstić information content (AvgIpc) is 2.80. The summed E-state index contributed by atoms with van der Waals surface area (Å²) >= 11 is 0. The van der Waals surface area contributed by atoms with Crippen molar-refractivity contribution >= 4 is 0 Å². The number of aromatic nitrogens is 2. The first-order valence-electron chi connectivity index (χ1n) is 6.96. The second-order valence-corrected chi connectivity index (χ2v) is 5.10. The fourth-order valence-corrected chi connectivity index (χ4v) is 2.43. The largest absolute Gasteiger partial charge is 0.271 e. The lowest BCUT2D eigenvalue weighted by Gasteiger charge is -2.17. The molecular weight excluding hydrogens is 274 g/mol. The van der Waals surface area contributed by atoms with Crippen molar-refractivity contribution in [2.45, 2.75) is 39.3 Å². The first-order chi connectivity index (χ1) is 10.0. The maximum absolute atomic E-state index is 13.7. The molecule has 114 valence electrons. The SMILES string of the molecule is CCn1nc(C)cc1CC(Cc1ccc(F)cc1F)NN. The van der Waals surface area contributed by atoms with Gasteiger partial charge < -0.3 is 0 Å². The summed E-state index contributed by atoms with van der Waals surface area (Å²) in [5.41, 5.74) is 5.13. The second kappa shape index (κ2) is 6.78. The second-order valence-electron chi connectivity index (χ2n) is 5.10. The highest BCUT2D eigenvalue weighted by Gasteiger charge is 2.15. The monoisotopic (exact) mass is 294 g/mol. The molecule has 2 aromatic rings. The van der Waals surface area contributed by atoms with Crippen molar-refractivity contribution in [3.8, 4) is 0 Å². The van der Waals surface area contributed by atoms with E-state index in [2.05, 4.69) is 10.5 Å². The lowest BCUT2D eigenvalue weighted by molar-refractivity contribution is 0.483. The molecule has 1 aromatic heterocycles. The van der Waals surface area contributed by atoms with E-state index >= 15 is 0 Å². The van der Waals surface area contributed by atoms with Gasteiger partial charge in [-0.05, 0) is 38.0 Å². The molecule has 6 heteroatoms. The third kappa shape index (κ3) is 3.86. The topological polar surface area (TPSA) is 55.9 Å². The van der Waals surface area contributed by atoms with Crippen LogP contribution in [0.1, 0.15) is 23.9 Å². The zero-order valence-corrected chi connectivity index (χ0v) is 12.2. The number of hydrogen-bond acceptors (Lipinski definition) is 3. The fourth-order valence-electron chi connectivity index (χ4n) is 2.43. The van der Waals surface area contributed by atoms with Gasteiger partial charge in [0.1, 0.15) is 11.6 Å². The van der Waals surface area contributed by atoms with Gasteiger partial charge in [-0.2, -0.15) is 5.10 Å². The van der Waals surface area contributed by atoms with Gasteiger partial charge in [0.25, 0.3) is 0 Å². The van der Waals surface area contributed by atoms with Gasteiger partial charge in [-0.15, -0.1) is 0 Å². The normalized spacial score (nSPS) is 12.6. The number of benzene rings is 1. The van der Waals surface area contributed by atoms with Gasteiger partial charge in [0.05, 0.1) is 5.69 Å². The number of nitrogens with one attached hydrogen (secondary N) is 1. The van der Waals surface area contributed by atoms with Crippen LogP contribution in [-0.4, -0.2) is 15.8 Å². The van der Waals surface area contributed by atoms with Gasteiger partial charge in [0.2, 0.25) is 0 Å². The van der Waals surface area contributed by atoms with Gasteiger partial charge in [0, 0.05) is 30.8 Å². The molecule has 1 atom stereocenters.